The molecule has 0 bridgehead atoms. The Hall–Kier alpha value is -7.24. The van der Waals surface area contributed by atoms with E-state index in [2.05, 4.69) is 82.9 Å². The van der Waals surface area contributed by atoms with Crippen LogP contribution < -0.4 is 9.30 Å². The molecule has 10 aromatic rings. The molecule has 62 heavy (non-hydrogen) atoms. The van der Waals surface area contributed by atoms with Gasteiger partial charge in [0.05, 0.1) is 47.1 Å². The summed E-state index contributed by atoms with van der Waals surface area (Å²) in [6.45, 7) is 14.0. The van der Waals surface area contributed by atoms with Crippen LogP contribution in [0.25, 0.3) is 72.3 Å². The SMILES string of the molecule is [2H]c1c([2H])c([2H])c(-c2cccc(-c3c([2H])c([2H])c([2H])c([2H])c3[2H])c2-[n+]2[c-]n(-c3cccc(Oc4ccc5c6ccccc6n(-c6cc7c(cn6)C(C)(C)C(C)(C)C7(C)C)c5c4)c3)c3ccccc32)c([2H])c1[2H]. The second-order valence-corrected chi connectivity index (χ2v) is 17.6. The topological polar surface area (TPSA) is 35.9 Å². The van der Waals surface area contributed by atoms with Crippen molar-refractivity contribution < 1.29 is 23.0 Å². The highest BCUT2D eigenvalue weighted by atomic mass is 16.5. The second-order valence-electron chi connectivity index (χ2n) is 17.6. The fourth-order valence-corrected chi connectivity index (χ4v) is 9.49. The van der Waals surface area contributed by atoms with Crippen molar-refractivity contribution in [3.05, 3.63) is 199 Å². The highest BCUT2D eigenvalue weighted by molar-refractivity contribution is 6.09. The van der Waals surface area contributed by atoms with Crippen LogP contribution in [0.1, 0.15) is 66.4 Å². The van der Waals surface area contributed by atoms with Crippen LogP contribution in [0.3, 0.4) is 0 Å². The molecule has 1 aliphatic carbocycles. The Labute approximate surface area is 377 Å². The van der Waals surface area contributed by atoms with Gasteiger partial charge in [0.15, 0.2) is 0 Å². The zero-order valence-corrected chi connectivity index (χ0v) is 35.2. The summed E-state index contributed by atoms with van der Waals surface area (Å²) < 4.78 is 99.5. The summed E-state index contributed by atoms with van der Waals surface area (Å²) in [6.07, 6.45) is 5.51. The van der Waals surface area contributed by atoms with Gasteiger partial charge in [-0.2, -0.15) is 0 Å². The van der Waals surface area contributed by atoms with E-state index < -0.39 is 60.4 Å². The van der Waals surface area contributed by atoms with Gasteiger partial charge in [0.25, 0.3) is 6.33 Å². The van der Waals surface area contributed by atoms with E-state index in [0.717, 1.165) is 27.6 Å². The smallest absolute Gasteiger partial charge is 0.269 e. The van der Waals surface area contributed by atoms with Crippen molar-refractivity contribution in [1.82, 2.24) is 14.1 Å². The van der Waals surface area contributed by atoms with Crippen molar-refractivity contribution >= 4 is 32.8 Å². The lowest BCUT2D eigenvalue weighted by Gasteiger charge is -2.44. The number of para-hydroxylation sites is 4. The van der Waals surface area contributed by atoms with Gasteiger partial charge in [-0.15, -0.1) is 0 Å². The minimum atomic E-state index is -0.564. The molecule has 0 amide bonds. The Balaban J connectivity index is 1.06. The maximum atomic E-state index is 9.03. The van der Waals surface area contributed by atoms with Crippen molar-refractivity contribution in [3.8, 4) is 50.9 Å². The number of benzene rings is 7. The number of ether oxygens (including phenoxy) is 1. The van der Waals surface area contributed by atoms with Gasteiger partial charge in [0.1, 0.15) is 17.3 Å². The van der Waals surface area contributed by atoms with Gasteiger partial charge in [0, 0.05) is 23.0 Å². The molecule has 5 heteroatoms. The van der Waals surface area contributed by atoms with Crippen LogP contribution in [0.2, 0.25) is 0 Å². The van der Waals surface area contributed by atoms with E-state index in [-0.39, 0.29) is 44.2 Å². The van der Waals surface area contributed by atoms with Gasteiger partial charge >= 0.3 is 0 Å². The molecule has 0 unspecified atom stereocenters. The molecule has 5 nitrogen and oxygen atoms in total. The summed E-state index contributed by atoms with van der Waals surface area (Å²) in [7, 11) is 0. The fourth-order valence-electron chi connectivity index (χ4n) is 9.49. The number of aromatic nitrogens is 4. The van der Waals surface area contributed by atoms with Crippen LogP contribution in [-0.4, -0.2) is 14.1 Å². The molecule has 0 spiro atoms. The van der Waals surface area contributed by atoms with Gasteiger partial charge in [-0.05, 0) is 92.1 Å². The maximum absolute atomic E-state index is 9.03. The number of nitrogens with zero attached hydrogens (tertiary/aromatic N) is 4. The van der Waals surface area contributed by atoms with E-state index in [1.54, 1.807) is 27.3 Å². The monoisotopic (exact) mass is 814 g/mol. The molecule has 11 rings (SSSR count). The van der Waals surface area contributed by atoms with Crippen molar-refractivity contribution in [2.45, 2.75) is 52.4 Å². The molecule has 0 aliphatic heterocycles. The third-order valence-corrected chi connectivity index (χ3v) is 13.9. The third-order valence-electron chi connectivity index (χ3n) is 13.9. The summed E-state index contributed by atoms with van der Waals surface area (Å²) in [5.41, 5.74) is 6.39. The predicted molar refractivity (Wildman–Crippen MR) is 253 cm³/mol. The fraction of sp³-hybridized carbons (Fsp3) is 0.158. The minimum Gasteiger partial charge on any atom is -0.458 e. The number of hydrogen-bond donors (Lipinski definition) is 0. The number of rotatable bonds is 7. The molecular weight excluding hydrogens is 757 g/mol. The minimum absolute atomic E-state index is 0.0281. The summed E-state index contributed by atoms with van der Waals surface area (Å²) in [5.74, 6) is 1.94. The van der Waals surface area contributed by atoms with Crippen LogP contribution in [0.5, 0.6) is 11.5 Å². The van der Waals surface area contributed by atoms with Crippen LogP contribution in [0, 0.1) is 11.7 Å². The van der Waals surface area contributed by atoms with Crippen molar-refractivity contribution in [3.63, 3.8) is 0 Å². The van der Waals surface area contributed by atoms with Gasteiger partial charge in [-0.1, -0.05) is 169 Å². The van der Waals surface area contributed by atoms with Crippen molar-refractivity contribution in [1.29, 1.82) is 0 Å². The lowest BCUT2D eigenvalue weighted by molar-refractivity contribution is -0.571. The molecule has 0 N–H and O–H groups in total. The Kier molecular flexibility index (Phi) is 6.35. The van der Waals surface area contributed by atoms with E-state index in [1.165, 1.54) is 11.1 Å². The van der Waals surface area contributed by atoms with E-state index in [4.69, 9.17) is 23.4 Å². The number of imidazole rings is 1. The first kappa shape index (κ1) is 28.3. The quantitative estimate of drug-likeness (QED) is 0.119. The summed E-state index contributed by atoms with van der Waals surface area (Å²) in [6, 6.07) is 31.2. The summed E-state index contributed by atoms with van der Waals surface area (Å²) in [5, 5.41) is 2.15. The average Bonchev–Trinajstić information content (AvgIpc) is 3.95. The van der Waals surface area contributed by atoms with E-state index in [1.807, 2.05) is 72.8 Å². The lowest BCUT2D eigenvalue weighted by Crippen LogP contribution is -2.42. The van der Waals surface area contributed by atoms with Gasteiger partial charge < -0.3 is 4.74 Å². The molecule has 3 heterocycles. The van der Waals surface area contributed by atoms with Gasteiger partial charge in [-0.3, -0.25) is 13.7 Å². The van der Waals surface area contributed by atoms with Crippen LogP contribution in [-0.2, 0) is 10.8 Å². The highest BCUT2D eigenvalue weighted by Gasteiger charge is 2.57. The van der Waals surface area contributed by atoms with Gasteiger partial charge in [0.2, 0.25) is 0 Å². The maximum Gasteiger partial charge on any atom is 0.269 e. The van der Waals surface area contributed by atoms with E-state index >= 15 is 0 Å². The zero-order chi connectivity index (χ0) is 51.1. The van der Waals surface area contributed by atoms with Crippen molar-refractivity contribution in [2.75, 3.05) is 0 Å². The first-order chi connectivity index (χ1) is 34.2. The largest absolute Gasteiger partial charge is 0.458 e. The Morgan fingerprint density at radius 2 is 1.19 bits per heavy atom. The second kappa shape index (κ2) is 13.9. The first-order valence-electron chi connectivity index (χ1n) is 25.7. The normalized spacial score (nSPS) is 17.3. The molecule has 1 aliphatic rings. The lowest BCUT2D eigenvalue weighted by atomic mass is 9.59. The van der Waals surface area contributed by atoms with Crippen LogP contribution >= 0.6 is 0 Å². The number of pyridine rings is 1. The Bertz CT molecular complexity index is 3820. The number of fused-ring (bicyclic) bond motifs is 5. The molecule has 0 atom stereocenters. The Morgan fingerprint density at radius 1 is 0.581 bits per heavy atom. The molecule has 0 saturated heterocycles. The number of hydrogen-bond acceptors (Lipinski definition) is 2. The molecule has 302 valence electrons. The zero-order valence-electron chi connectivity index (χ0n) is 45.2. The molecule has 3 aromatic heterocycles. The molecule has 0 saturated carbocycles. The summed E-state index contributed by atoms with van der Waals surface area (Å²) >= 11 is 0. The van der Waals surface area contributed by atoms with E-state index in [0.29, 0.717) is 28.2 Å². The predicted octanol–water partition coefficient (Wildman–Crippen LogP) is 13.9. The van der Waals surface area contributed by atoms with Crippen LogP contribution in [0.15, 0.2) is 182 Å². The molecule has 7 aromatic carbocycles. The van der Waals surface area contributed by atoms with Crippen molar-refractivity contribution in [2.24, 2.45) is 5.41 Å². The molecule has 0 radical (unpaired) electrons. The Morgan fingerprint density at radius 3 is 1.92 bits per heavy atom. The third kappa shape index (κ3) is 5.61. The van der Waals surface area contributed by atoms with E-state index in [9.17, 15) is 0 Å². The standard InChI is InChI=1S/C57H48N4O/c1-55(2)47-35-53(58-36-48(47)56(3,4)57(55,5)6)61-49-28-14-13-25-45(49)46-32-31-42(34-52(46)61)62-41-24-17-23-40(33-41)59-37-60(51-30-16-15-29-50(51)59)54-43(38-19-9-7-10-20-38)26-18-27-44(54)39-21-11-8-12-22-39/h7-36H,1-6H3/i7D,8D,9D,10D,11D,12D,19D,20D,21D,22D. The van der Waals surface area contributed by atoms with Crippen LogP contribution in [0.4, 0.5) is 0 Å². The average molecular weight is 815 g/mol. The molecule has 0 fully saturated rings. The summed E-state index contributed by atoms with van der Waals surface area (Å²) in [4.78, 5) is 5.14. The molecular formula is C57H48N4O. The highest BCUT2D eigenvalue weighted by Crippen LogP contribution is 2.61. The first-order valence-corrected chi connectivity index (χ1v) is 20.7. The van der Waals surface area contributed by atoms with Gasteiger partial charge in [-0.25, -0.2) is 4.98 Å².